The van der Waals surface area contributed by atoms with Gasteiger partial charge >= 0.3 is 0 Å². The van der Waals surface area contributed by atoms with Gasteiger partial charge in [-0.1, -0.05) is 38.0 Å². The summed E-state index contributed by atoms with van der Waals surface area (Å²) in [6.45, 7) is 2.12. The van der Waals surface area contributed by atoms with Crippen molar-refractivity contribution in [3.05, 3.63) is 33.4 Å². The van der Waals surface area contributed by atoms with Gasteiger partial charge in [0.05, 0.1) is 12.1 Å². The van der Waals surface area contributed by atoms with E-state index in [-0.39, 0.29) is 18.4 Å². The molecule has 4 heteroatoms. The average molecular weight is 356 g/mol. The molecule has 92 valence electrons. The molecular weight excluding hydrogens is 336 g/mol. The maximum Gasteiger partial charge on any atom is 0.0733 e. The Bertz CT molecular complexity index is 309. The molecule has 0 aliphatic heterocycles. The van der Waals surface area contributed by atoms with Gasteiger partial charge in [0.15, 0.2) is 0 Å². The maximum atomic E-state index is 9.90. The summed E-state index contributed by atoms with van der Waals surface area (Å²) in [7, 11) is 0. The number of halogens is 2. The van der Waals surface area contributed by atoms with Gasteiger partial charge in [0, 0.05) is 3.57 Å². The van der Waals surface area contributed by atoms with Crippen LogP contribution in [0.3, 0.4) is 0 Å². The minimum Gasteiger partial charge on any atom is -0.391 e. The van der Waals surface area contributed by atoms with Crippen LogP contribution in [0.15, 0.2) is 24.3 Å². The molecule has 2 atom stereocenters. The Hall–Kier alpha value is 0.160. The first-order valence-electron chi connectivity index (χ1n) is 5.35. The molecule has 2 nitrogen and oxygen atoms in total. The largest absolute Gasteiger partial charge is 0.391 e. The van der Waals surface area contributed by atoms with Crippen LogP contribution < -0.4 is 5.73 Å². The Morgan fingerprint density at radius 2 is 2.00 bits per heavy atom. The van der Waals surface area contributed by atoms with Crippen molar-refractivity contribution in [2.45, 2.75) is 38.3 Å². The molecule has 0 saturated carbocycles. The van der Waals surface area contributed by atoms with Crippen molar-refractivity contribution in [2.24, 2.45) is 5.73 Å². The molecule has 0 saturated heterocycles. The van der Waals surface area contributed by atoms with Gasteiger partial charge in [-0.15, -0.1) is 12.4 Å². The standard InChI is InChI=1S/C12H18INO.ClH/c1-2-3-8-11(15)12(14)9-6-4-5-7-10(9)13;/h4-7,11-12,15H,2-3,8,14H2,1H3;1H/t11-,12+;/m0./s1. The van der Waals surface area contributed by atoms with Crippen LogP contribution in [-0.2, 0) is 0 Å². The summed E-state index contributed by atoms with van der Waals surface area (Å²) in [4.78, 5) is 0. The predicted molar refractivity (Wildman–Crippen MR) is 78.9 cm³/mol. The molecule has 0 spiro atoms. The van der Waals surface area contributed by atoms with Crippen LogP contribution in [-0.4, -0.2) is 11.2 Å². The Labute approximate surface area is 117 Å². The van der Waals surface area contributed by atoms with Gasteiger partial charge in [0.2, 0.25) is 0 Å². The van der Waals surface area contributed by atoms with Crippen molar-refractivity contribution in [3.8, 4) is 0 Å². The number of unbranched alkanes of at least 4 members (excludes halogenated alkanes) is 1. The highest BCUT2D eigenvalue weighted by Gasteiger charge is 2.17. The molecule has 0 aliphatic carbocycles. The second-order valence-electron chi connectivity index (χ2n) is 3.76. The number of hydrogen-bond acceptors (Lipinski definition) is 2. The second-order valence-corrected chi connectivity index (χ2v) is 4.92. The lowest BCUT2D eigenvalue weighted by atomic mass is 9.98. The van der Waals surface area contributed by atoms with Crippen molar-refractivity contribution < 1.29 is 5.11 Å². The van der Waals surface area contributed by atoms with Crippen molar-refractivity contribution >= 4 is 35.0 Å². The van der Waals surface area contributed by atoms with Crippen LogP contribution in [0.4, 0.5) is 0 Å². The highest BCUT2D eigenvalue weighted by atomic mass is 127. The van der Waals surface area contributed by atoms with E-state index in [2.05, 4.69) is 29.5 Å². The fourth-order valence-corrected chi connectivity index (χ4v) is 2.29. The number of aliphatic hydroxyl groups is 1. The van der Waals surface area contributed by atoms with Gasteiger partial charge in [0.25, 0.3) is 0 Å². The predicted octanol–water partition coefficient (Wildman–Crippen LogP) is 3.26. The molecule has 0 fully saturated rings. The van der Waals surface area contributed by atoms with E-state index in [0.717, 1.165) is 28.4 Å². The van der Waals surface area contributed by atoms with E-state index < -0.39 is 6.10 Å². The molecule has 0 unspecified atom stereocenters. The number of nitrogens with two attached hydrogens (primary N) is 1. The van der Waals surface area contributed by atoms with Crippen molar-refractivity contribution in [1.29, 1.82) is 0 Å². The molecular formula is C12H19ClINO. The van der Waals surface area contributed by atoms with E-state index in [1.54, 1.807) is 0 Å². The van der Waals surface area contributed by atoms with Gasteiger partial charge in [-0.25, -0.2) is 0 Å². The smallest absolute Gasteiger partial charge is 0.0733 e. The summed E-state index contributed by atoms with van der Waals surface area (Å²) in [5, 5.41) is 9.90. The number of benzene rings is 1. The second kappa shape index (κ2) is 8.28. The average Bonchev–Trinajstić information content (AvgIpc) is 2.25. The van der Waals surface area contributed by atoms with Crippen LogP contribution >= 0.6 is 35.0 Å². The van der Waals surface area contributed by atoms with Gasteiger partial charge in [-0.2, -0.15) is 0 Å². The molecule has 0 heterocycles. The van der Waals surface area contributed by atoms with Gasteiger partial charge in [0.1, 0.15) is 0 Å². The Morgan fingerprint density at radius 3 is 2.56 bits per heavy atom. The minimum absolute atomic E-state index is 0. The van der Waals surface area contributed by atoms with Crippen molar-refractivity contribution in [2.75, 3.05) is 0 Å². The first-order chi connectivity index (χ1) is 7.16. The molecule has 3 N–H and O–H groups in total. The number of aliphatic hydroxyl groups excluding tert-OH is 1. The molecule has 1 rings (SSSR count). The Balaban J connectivity index is 0.00000225. The van der Waals surface area contributed by atoms with E-state index >= 15 is 0 Å². The van der Waals surface area contributed by atoms with Gasteiger partial charge in [-0.3, -0.25) is 0 Å². The maximum absolute atomic E-state index is 9.90. The fourth-order valence-electron chi connectivity index (χ4n) is 1.55. The molecule has 0 amide bonds. The molecule has 0 aromatic heterocycles. The van der Waals surface area contributed by atoms with Crippen LogP contribution in [0, 0.1) is 3.57 Å². The quantitative estimate of drug-likeness (QED) is 0.796. The highest BCUT2D eigenvalue weighted by molar-refractivity contribution is 14.1. The van der Waals surface area contributed by atoms with Crippen LogP contribution in [0.25, 0.3) is 0 Å². The van der Waals surface area contributed by atoms with E-state index in [1.807, 2.05) is 24.3 Å². The summed E-state index contributed by atoms with van der Waals surface area (Å²) in [6, 6.07) is 7.69. The van der Waals surface area contributed by atoms with E-state index in [1.165, 1.54) is 0 Å². The Morgan fingerprint density at radius 1 is 1.38 bits per heavy atom. The highest BCUT2D eigenvalue weighted by Crippen LogP contribution is 2.22. The zero-order chi connectivity index (χ0) is 11.3. The lowest BCUT2D eigenvalue weighted by Gasteiger charge is -2.20. The SMILES string of the molecule is CCCC[C@H](O)[C@H](N)c1ccccc1I.Cl. The summed E-state index contributed by atoms with van der Waals surface area (Å²) in [5.41, 5.74) is 7.07. The Kier molecular flexibility index (Phi) is 8.36. The number of hydrogen-bond donors (Lipinski definition) is 2. The lowest BCUT2D eigenvalue weighted by molar-refractivity contribution is 0.132. The third-order valence-corrected chi connectivity index (χ3v) is 3.51. The fraction of sp³-hybridized carbons (Fsp3) is 0.500. The molecule has 1 aromatic carbocycles. The first-order valence-corrected chi connectivity index (χ1v) is 6.42. The summed E-state index contributed by atoms with van der Waals surface area (Å²) < 4.78 is 1.12. The topological polar surface area (TPSA) is 46.2 Å². The minimum atomic E-state index is -0.430. The molecule has 0 aliphatic rings. The monoisotopic (exact) mass is 355 g/mol. The lowest BCUT2D eigenvalue weighted by Crippen LogP contribution is -2.26. The summed E-state index contributed by atoms with van der Waals surface area (Å²) in [6.07, 6.45) is 2.47. The normalized spacial score (nSPS) is 14.0. The van der Waals surface area contributed by atoms with E-state index in [0.29, 0.717) is 0 Å². The zero-order valence-electron chi connectivity index (χ0n) is 9.40. The molecule has 0 bridgehead atoms. The molecule has 0 radical (unpaired) electrons. The van der Waals surface area contributed by atoms with Crippen LogP contribution in [0.5, 0.6) is 0 Å². The number of rotatable bonds is 5. The molecule has 1 aromatic rings. The third kappa shape index (κ3) is 4.57. The third-order valence-electron chi connectivity index (χ3n) is 2.53. The summed E-state index contributed by atoms with van der Waals surface area (Å²) in [5.74, 6) is 0. The first kappa shape index (κ1) is 16.2. The molecule has 16 heavy (non-hydrogen) atoms. The van der Waals surface area contributed by atoms with Gasteiger partial charge in [-0.05, 0) is 40.6 Å². The van der Waals surface area contributed by atoms with E-state index in [4.69, 9.17) is 5.73 Å². The van der Waals surface area contributed by atoms with Crippen LogP contribution in [0.1, 0.15) is 37.8 Å². The van der Waals surface area contributed by atoms with Crippen molar-refractivity contribution in [1.82, 2.24) is 0 Å². The zero-order valence-corrected chi connectivity index (χ0v) is 12.4. The van der Waals surface area contributed by atoms with Crippen molar-refractivity contribution in [3.63, 3.8) is 0 Å². The van der Waals surface area contributed by atoms with Gasteiger partial charge < -0.3 is 10.8 Å². The summed E-state index contributed by atoms with van der Waals surface area (Å²) >= 11 is 2.26. The van der Waals surface area contributed by atoms with E-state index in [9.17, 15) is 5.11 Å². The van der Waals surface area contributed by atoms with Crippen LogP contribution in [0.2, 0.25) is 0 Å².